The zero-order valence-corrected chi connectivity index (χ0v) is 16.6. The molecule has 0 saturated heterocycles. The van der Waals surface area contributed by atoms with Gasteiger partial charge in [0.15, 0.2) is 0 Å². The first-order valence-electron chi connectivity index (χ1n) is 8.89. The van der Waals surface area contributed by atoms with Crippen molar-refractivity contribution < 1.29 is 0 Å². The maximum absolute atomic E-state index is 2.55. The van der Waals surface area contributed by atoms with Crippen LogP contribution in [0.25, 0.3) is 32.3 Å². The number of hydrogen-bond donors (Lipinski definition) is 0. The normalized spacial score (nSPS) is 18.7. The molecule has 2 heterocycles. The van der Waals surface area contributed by atoms with E-state index < -0.39 is 16.1 Å². The SMILES string of the molecule is C[Si]1(C)c2cccc3cc4c5c6c(cccc6cc1c5c23)[Si]4(C)C. The van der Waals surface area contributed by atoms with Crippen LogP contribution in [0.1, 0.15) is 0 Å². The Morgan fingerprint density at radius 3 is 1.33 bits per heavy atom. The van der Waals surface area contributed by atoms with E-state index in [9.17, 15) is 0 Å². The number of benzene rings is 4. The van der Waals surface area contributed by atoms with E-state index in [2.05, 4.69) is 74.7 Å². The van der Waals surface area contributed by atoms with Gasteiger partial charge in [-0.05, 0) is 53.1 Å². The number of hydrogen-bond acceptors (Lipinski definition) is 0. The molecule has 0 nitrogen and oxygen atoms in total. The molecule has 2 heteroatoms. The summed E-state index contributed by atoms with van der Waals surface area (Å²) in [5.41, 5.74) is 0. The van der Waals surface area contributed by atoms with E-state index in [1.54, 1.807) is 42.3 Å². The molecule has 2 aliphatic rings. The van der Waals surface area contributed by atoms with Crippen LogP contribution in [-0.4, -0.2) is 16.1 Å². The molecule has 6 rings (SSSR count). The van der Waals surface area contributed by atoms with Crippen LogP contribution in [0.5, 0.6) is 0 Å². The van der Waals surface area contributed by atoms with Gasteiger partial charge in [0.25, 0.3) is 0 Å². The van der Waals surface area contributed by atoms with Crippen LogP contribution in [-0.2, 0) is 0 Å². The molecule has 2 aliphatic heterocycles. The highest BCUT2D eigenvalue weighted by molar-refractivity contribution is 7.09. The molecule has 116 valence electrons. The second kappa shape index (κ2) is 3.68. The molecule has 4 aromatic rings. The van der Waals surface area contributed by atoms with Crippen LogP contribution in [0.15, 0.2) is 48.5 Å². The summed E-state index contributed by atoms with van der Waals surface area (Å²) in [6.07, 6.45) is 0. The van der Waals surface area contributed by atoms with Gasteiger partial charge in [-0.1, -0.05) is 74.7 Å². The van der Waals surface area contributed by atoms with Gasteiger partial charge < -0.3 is 0 Å². The van der Waals surface area contributed by atoms with Gasteiger partial charge in [0, 0.05) is 0 Å². The fourth-order valence-corrected chi connectivity index (χ4v) is 11.7. The highest BCUT2D eigenvalue weighted by atomic mass is 28.3. The zero-order chi connectivity index (χ0) is 16.4. The van der Waals surface area contributed by atoms with Crippen LogP contribution in [0.2, 0.25) is 26.2 Å². The first-order valence-corrected chi connectivity index (χ1v) is 14.9. The van der Waals surface area contributed by atoms with E-state index in [1.807, 2.05) is 0 Å². The summed E-state index contributed by atoms with van der Waals surface area (Å²) in [4.78, 5) is 0. The highest BCUT2D eigenvalue weighted by Crippen LogP contribution is 2.38. The van der Waals surface area contributed by atoms with Gasteiger partial charge in [-0.3, -0.25) is 0 Å². The third-order valence-electron chi connectivity index (χ3n) is 6.78. The molecule has 0 unspecified atom stereocenters. The summed E-state index contributed by atoms with van der Waals surface area (Å²) >= 11 is 0. The summed E-state index contributed by atoms with van der Waals surface area (Å²) in [6, 6.07) is 19.1. The average molecular weight is 341 g/mol. The maximum atomic E-state index is 2.55. The van der Waals surface area contributed by atoms with Crippen molar-refractivity contribution in [3.8, 4) is 0 Å². The molecule has 0 saturated carbocycles. The lowest BCUT2D eigenvalue weighted by molar-refractivity contribution is 1.79. The summed E-state index contributed by atoms with van der Waals surface area (Å²) in [5, 5.41) is 16.0. The van der Waals surface area contributed by atoms with Crippen molar-refractivity contribution in [1.29, 1.82) is 0 Å². The minimum absolute atomic E-state index is 1.47. The smallest absolute Gasteiger partial charge is 0.0619 e. The molecule has 0 fully saturated rings. The van der Waals surface area contributed by atoms with Crippen molar-refractivity contribution in [1.82, 2.24) is 0 Å². The molecule has 0 atom stereocenters. The second-order valence-corrected chi connectivity index (χ2v) is 17.3. The molecule has 24 heavy (non-hydrogen) atoms. The molecule has 0 aromatic heterocycles. The Labute approximate surface area is 144 Å². The lowest BCUT2D eigenvalue weighted by atomic mass is 9.97. The summed E-state index contributed by atoms with van der Waals surface area (Å²) in [6.45, 7) is 10.1. The van der Waals surface area contributed by atoms with Crippen molar-refractivity contribution >= 4 is 69.2 Å². The summed E-state index contributed by atoms with van der Waals surface area (Å²) in [5.74, 6) is 0. The molecule has 0 amide bonds. The Balaban J connectivity index is 2.05. The fraction of sp³-hybridized carbons (Fsp3) is 0.182. The van der Waals surface area contributed by atoms with Crippen molar-refractivity contribution in [2.24, 2.45) is 0 Å². The van der Waals surface area contributed by atoms with Crippen molar-refractivity contribution in [3.63, 3.8) is 0 Å². The molecule has 0 bridgehead atoms. The van der Waals surface area contributed by atoms with E-state index in [1.165, 1.54) is 10.8 Å². The minimum atomic E-state index is -1.59. The third kappa shape index (κ3) is 1.20. The van der Waals surface area contributed by atoms with Gasteiger partial charge >= 0.3 is 0 Å². The second-order valence-electron chi connectivity index (χ2n) is 8.66. The Hall–Kier alpha value is -1.91. The molecule has 4 aromatic carbocycles. The molecule has 0 spiro atoms. The first kappa shape index (κ1) is 13.4. The number of rotatable bonds is 0. The van der Waals surface area contributed by atoms with E-state index in [-0.39, 0.29) is 0 Å². The van der Waals surface area contributed by atoms with E-state index >= 15 is 0 Å². The van der Waals surface area contributed by atoms with Gasteiger partial charge in [-0.15, -0.1) is 0 Å². The fourth-order valence-electron chi connectivity index (χ4n) is 5.50. The van der Waals surface area contributed by atoms with Crippen LogP contribution in [0.4, 0.5) is 0 Å². The van der Waals surface area contributed by atoms with Crippen LogP contribution in [0, 0.1) is 0 Å². The van der Waals surface area contributed by atoms with Crippen molar-refractivity contribution in [2.75, 3.05) is 0 Å². The third-order valence-corrected chi connectivity index (χ3v) is 13.8. The van der Waals surface area contributed by atoms with E-state index in [0.717, 1.165) is 0 Å². The molecule has 0 aliphatic carbocycles. The van der Waals surface area contributed by atoms with Crippen molar-refractivity contribution in [2.45, 2.75) is 26.2 Å². The van der Waals surface area contributed by atoms with Crippen LogP contribution in [0.3, 0.4) is 0 Å². The zero-order valence-electron chi connectivity index (χ0n) is 14.6. The largest absolute Gasteiger partial charge is 0.113 e. The van der Waals surface area contributed by atoms with Crippen LogP contribution >= 0.6 is 0 Å². The van der Waals surface area contributed by atoms with E-state index in [4.69, 9.17) is 0 Å². The quantitative estimate of drug-likeness (QED) is 0.340. The lowest BCUT2D eigenvalue weighted by Gasteiger charge is -2.20. The maximum Gasteiger partial charge on any atom is 0.113 e. The predicted octanol–water partition coefficient (Wildman–Crippen LogP) is 3.42. The Bertz CT molecular complexity index is 1150. The Morgan fingerprint density at radius 1 is 0.500 bits per heavy atom. The van der Waals surface area contributed by atoms with Crippen molar-refractivity contribution in [3.05, 3.63) is 48.5 Å². The van der Waals surface area contributed by atoms with Gasteiger partial charge in [-0.25, -0.2) is 0 Å². The summed E-state index contributed by atoms with van der Waals surface area (Å²) < 4.78 is 0. The average Bonchev–Trinajstić information content (AvgIpc) is 2.93. The summed E-state index contributed by atoms with van der Waals surface area (Å²) in [7, 11) is -3.18. The minimum Gasteiger partial charge on any atom is -0.0619 e. The molecular formula is C22H20Si2. The monoisotopic (exact) mass is 340 g/mol. The molecular weight excluding hydrogens is 320 g/mol. The Morgan fingerprint density at radius 2 is 0.917 bits per heavy atom. The lowest BCUT2D eigenvalue weighted by Crippen LogP contribution is -2.49. The van der Waals surface area contributed by atoms with E-state index in [0.29, 0.717) is 0 Å². The van der Waals surface area contributed by atoms with Crippen LogP contribution < -0.4 is 20.7 Å². The molecule has 0 N–H and O–H groups in total. The highest BCUT2D eigenvalue weighted by Gasteiger charge is 2.42. The molecule has 0 radical (unpaired) electrons. The first-order chi connectivity index (χ1) is 11.4. The van der Waals surface area contributed by atoms with Gasteiger partial charge in [0.1, 0.15) is 16.1 Å². The standard InChI is InChI=1S/C22H20Si2/c1-23(2)15-9-5-7-14-12-18-22-20-13(11-17(23)21(22)19(14)15)8-6-10-16(20)24(18,3)4/h5-12H,1-4H3. The topological polar surface area (TPSA) is 0 Å². The van der Waals surface area contributed by atoms with Gasteiger partial charge in [-0.2, -0.15) is 0 Å². The van der Waals surface area contributed by atoms with Gasteiger partial charge in [0.05, 0.1) is 0 Å². The Kier molecular flexibility index (Phi) is 2.05. The van der Waals surface area contributed by atoms with Gasteiger partial charge in [0.2, 0.25) is 0 Å². The predicted molar refractivity (Wildman–Crippen MR) is 112 cm³/mol.